The average Bonchev–Trinajstić information content (AvgIpc) is 3.50. The number of carbonyl (C=O) groups is 1. The normalized spacial score (nSPS) is 14.7. The third-order valence-corrected chi connectivity index (χ3v) is 4.65. The largest absolute Gasteiger partial charge is 0.443 e. The van der Waals surface area contributed by atoms with Crippen molar-refractivity contribution in [3.05, 3.63) is 53.3 Å². The maximum atomic E-state index is 14.4. The van der Waals surface area contributed by atoms with E-state index in [0.29, 0.717) is 24.6 Å². The van der Waals surface area contributed by atoms with E-state index in [9.17, 15) is 23.1 Å². The Kier molecular flexibility index (Phi) is 8.29. The minimum absolute atomic E-state index is 0.0195. The summed E-state index contributed by atoms with van der Waals surface area (Å²) in [5.74, 6) is -3.96. The van der Waals surface area contributed by atoms with Crippen LogP contribution in [0.1, 0.15) is 38.7 Å². The SMILES string of the molecule is CC.Cc1ccc(Nc2c(F)c(F)cc(F)c2NC(=O)OC2(CC(O)CO)CC2)cc1. The van der Waals surface area contributed by atoms with Gasteiger partial charge in [-0.05, 0) is 31.9 Å². The summed E-state index contributed by atoms with van der Waals surface area (Å²) in [6.07, 6.45) is -1.20. The van der Waals surface area contributed by atoms with Gasteiger partial charge in [-0.25, -0.2) is 18.0 Å². The van der Waals surface area contributed by atoms with Crippen LogP contribution in [0.25, 0.3) is 0 Å². The van der Waals surface area contributed by atoms with Crippen LogP contribution in [0.5, 0.6) is 0 Å². The van der Waals surface area contributed by atoms with Gasteiger partial charge in [-0.15, -0.1) is 0 Å². The lowest BCUT2D eigenvalue weighted by atomic mass is 10.1. The Labute approximate surface area is 179 Å². The fourth-order valence-corrected chi connectivity index (χ4v) is 2.92. The number of hydrogen-bond acceptors (Lipinski definition) is 5. The summed E-state index contributed by atoms with van der Waals surface area (Å²) in [5.41, 5.74) is -0.855. The highest BCUT2D eigenvalue weighted by Gasteiger charge is 2.48. The number of carbonyl (C=O) groups excluding carboxylic acids is 1. The van der Waals surface area contributed by atoms with Crippen molar-refractivity contribution in [3.63, 3.8) is 0 Å². The Balaban J connectivity index is 0.00000166. The molecule has 1 amide bonds. The Bertz CT molecular complexity index is 903. The number of aliphatic hydroxyl groups is 2. The van der Waals surface area contributed by atoms with Gasteiger partial charge in [0.25, 0.3) is 0 Å². The van der Waals surface area contributed by atoms with Crippen LogP contribution in [-0.2, 0) is 4.74 Å². The Morgan fingerprint density at radius 1 is 1.13 bits per heavy atom. The van der Waals surface area contributed by atoms with Crippen molar-refractivity contribution in [3.8, 4) is 0 Å². The number of anilines is 3. The van der Waals surface area contributed by atoms with Gasteiger partial charge in [0, 0.05) is 18.2 Å². The molecule has 2 aromatic carbocycles. The molecule has 6 nitrogen and oxygen atoms in total. The van der Waals surface area contributed by atoms with Crippen LogP contribution in [0.15, 0.2) is 30.3 Å². The minimum Gasteiger partial charge on any atom is -0.443 e. The van der Waals surface area contributed by atoms with E-state index in [1.54, 1.807) is 24.3 Å². The van der Waals surface area contributed by atoms with Crippen LogP contribution in [0.4, 0.5) is 35.0 Å². The van der Waals surface area contributed by atoms with E-state index in [1.807, 2.05) is 20.8 Å². The van der Waals surface area contributed by atoms with Crippen molar-refractivity contribution >= 4 is 23.2 Å². The molecule has 1 atom stereocenters. The van der Waals surface area contributed by atoms with Crippen molar-refractivity contribution in [1.82, 2.24) is 0 Å². The highest BCUT2D eigenvalue weighted by Crippen LogP contribution is 2.44. The predicted octanol–water partition coefficient (Wildman–Crippen LogP) is 5.01. The molecule has 31 heavy (non-hydrogen) atoms. The third-order valence-electron chi connectivity index (χ3n) is 4.65. The fraction of sp³-hybridized carbons (Fsp3) is 0.409. The van der Waals surface area contributed by atoms with Crippen molar-refractivity contribution < 1.29 is 32.9 Å². The molecule has 4 N–H and O–H groups in total. The second-order valence-electron chi connectivity index (χ2n) is 7.13. The first-order valence-electron chi connectivity index (χ1n) is 10.0. The second kappa shape index (κ2) is 10.5. The number of halogens is 3. The smallest absolute Gasteiger partial charge is 0.412 e. The highest BCUT2D eigenvalue weighted by atomic mass is 19.2. The molecule has 0 radical (unpaired) electrons. The van der Waals surface area contributed by atoms with Gasteiger partial charge in [-0.1, -0.05) is 31.5 Å². The zero-order chi connectivity index (χ0) is 23.2. The number of hydrogen-bond donors (Lipinski definition) is 4. The molecule has 1 unspecified atom stereocenters. The number of aliphatic hydroxyl groups excluding tert-OH is 2. The van der Waals surface area contributed by atoms with Gasteiger partial charge in [0.2, 0.25) is 0 Å². The molecule has 1 fully saturated rings. The average molecular weight is 440 g/mol. The topological polar surface area (TPSA) is 90.8 Å². The summed E-state index contributed by atoms with van der Waals surface area (Å²) in [5, 5.41) is 23.2. The fourth-order valence-electron chi connectivity index (χ4n) is 2.92. The molecular weight excluding hydrogens is 413 g/mol. The van der Waals surface area contributed by atoms with Gasteiger partial charge in [0.15, 0.2) is 17.5 Å². The maximum absolute atomic E-state index is 14.4. The van der Waals surface area contributed by atoms with Crippen molar-refractivity contribution in [2.24, 2.45) is 0 Å². The molecule has 3 rings (SSSR count). The molecule has 0 saturated heterocycles. The van der Waals surface area contributed by atoms with Gasteiger partial charge in [-0.3, -0.25) is 5.32 Å². The molecule has 1 aliphatic carbocycles. The number of benzene rings is 2. The first-order valence-corrected chi connectivity index (χ1v) is 10.0. The van der Waals surface area contributed by atoms with Crippen LogP contribution < -0.4 is 10.6 Å². The lowest BCUT2D eigenvalue weighted by molar-refractivity contribution is 0.0216. The summed E-state index contributed by atoms with van der Waals surface area (Å²) in [6.45, 7) is 5.35. The molecule has 0 bridgehead atoms. The molecule has 170 valence electrons. The molecule has 0 heterocycles. The molecule has 0 aromatic heterocycles. The lowest BCUT2D eigenvalue weighted by Crippen LogP contribution is -2.29. The van der Waals surface area contributed by atoms with Gasteiger partial charge < -0.3 is 20.3 Å². The lowest BCUT2D eigenvalue weighted by Gasteiger charge is -2.20. The van der Waals surface area contributed by atoms with Crippen LogP contribution in [-0.4, -0.2) is 34.6 Å². The molecule has 9 heteroatoms. The standard InChI is InChI=1S/C20H21F3N2O4.C2H6/c1-11-2-4-12(5-3-11)24-18-16(23)14(21)8-15(22)17(18)25-19(28)29-20(6-7-20)9-13(27)10-26;1-2/h2-5,8,13,24,26-27H,6-7,9-10H2,1H3,(H,25,28);1-2H3. The van der Waals surface area contributed by atoms with Gasteiger partial charge in [0.05, 0.1) is 12.7 Å². The van der Waals surface area contributed by atoms with Gasteiger partial charge in [-0.2, -0.15) is 0 Å². The molecule has 1 saturated carbocycles. The third kappa shape index (κ3) is 6.35. The van der Waals surface area contributed by atoms with E-state index >= 15 is 0 Å². The highest BCUT2D eigenvalue weighted by molar-refractivity contribution is 5.91. The van der Waals surface area contributed by atoms with E-state index in [2.05, 4.69) is 10.6 Å². The van der Waals surface area contributed by atoms with Crippen LogP contribution >= 0.6 is 0 Å². The number of amides is 1. The van der Waals surface area contributed by atoms with Crippen molar-refractivity contribution in [2.45, 2.75) is 51.7 Å². The predicted molar refractivity (Wildman–Crippen MR) is 112 cm³/mol. The van der Waals surface area contributed by atoms with Crippen LogP contribution in [0.3, 0.4) is 0 Å². The maximum Gasteiger partial charge on any atom is 0.412 e. The zero-order valence-corrected chi connectivity index (χ0v) is 17.6. The van der Waals surface area contributed by atoms with E-state index < -0.39 is 53.2 Å². The van der Waals surface area contributed by atoms with Crippen LogP contribution in [0, 0.1) is 24.4 Å². The zero-order valence-electron chi connectivity index (χ0n) is 17.6. The number of nitrogens with one attached hydrogen (secondary N) is 2. The van der Waals surface area contributed by atoms with Crippen LogP contribution in [0.2, 0.25) is 0 Å². The van der Waals surface area contributed by atoms with Gasteiger partial charge >= 0.3 is 6.09 Å². The summed E-state index contributed by atoms with van der Waals surface area (Å²) >= 11 is 0. The molecule has 0 aliphatic heterocycles. The number of ether oxygens (including phenoxy) is 1. The first kappa shape index (κ1) is 24.5. The molecular formula is C22H27F3N2O4. The Morgan fingerprint density at radius 2 is 1.74 bits per heavy atom. The van der Waals surface area contributed by atoms with Crippen molar-refractivity contribution in [2.75, 3.05) is 17.2 Å². The summed E-state index contributed by atoms with van der Waals surface area (Å²) in [6, 6.07) is 6.96. The second-order valence-corrected chi connectivity index (χ2v) is 7.13. The minimum atomic E-state index is -1.42. The summed E-state index contributed by atoms with van der Waals surface area (Å²) in [7, 11) is 0. The van der Waals surface area contributed by atoms with E-state index in [1.165, 1.54) is 0 Å². The molecule has 2 aromatic rings. The molecule has 0 spiro atoms. The molecule has 1 aliphatic rings. The monoisotopic (exact) mass is 440 g/mol. The Hall–Kier alpha value is -2.78. The number of aryl methyl sites for hydroxylation is 1. The van der Waals surface area contributed by atoms with Crippen molar-refractivity contribution in [1.29, 1.82) is 0 Å². The Morgan fingerprint density at radius 3 is 2.29 bits per heavy atom. The van der Waals surface area contributed by atoms with E-state index in [4.69, 9.17) is 9.84 Å². The van der Waals surface area contributed by atoms with E-state index in [-0.39, 0.29) is 6.42 Å². The number of rotatable bonds is 7. The summed E-state index contributed by atoms with van der Waals surface area (Å²) in [4.78, 5) is 12.2. The van der Waals surface area contributed by atoms with E-state index in [0.717, 1.165) is 5.56 Å². The quantitative estimate of drug-likeness (QED) is 0.455. The van der Waals surface area contributed by atoms with Gasteiger partial charge in [0.1, 0.15) is 17.0 Å². The summed E-state index contributed by atoms with van der Waals surface area (Å²) < 4.78 is 47.7. The first-order chi connectivity index (χ1) is 14.7.